The molecule has 132 valence electrons. The van der Waals surface area contributed by atoms with E-state index in [1.54, 1.807) is 13.8 Å². The maximum atomic E-state index is 12.3. The number of benzene rings is 1. The minimum absolute atomic E-state index is 0. The van der Waals surface area contributed by atoms with Crippen LogP contribution in [0.3, 0.4) is 0 Å². The number of methoxy groups -OCH3 is 1. The van der Waals surface area contributed by atoms with Gasteiger partial charge in [0, 0.05) is 31.7 Å². The van der Waals surface area contributed by atoms with Crippen LogP contribution in [0.25, 0.3) is 0 Å². The second-order valence-corrected chi connectivity index (χ2v) is 7.82. The first-order valence-electron chi connectivity index (χ1n) is 6.68. The van der Waals surface area contributed by atoms with Crippen molar-refractivity contribution in [2.45, 2.75) is 24.3 Å². The first-order valence-corrected chi connectivity index (χ1v) is 8.12. The van der Waals surface area contributed by atoms with Crippen LogP contribution in [0.2, 0.25) is 0 Å². The van der Waals surface area contributed by atoms with Crippen molar-refractivity contribution in [2.24, 2.45) is 5.73 Å². The topological polar surface area (TPSA) is 102 Å². The first kappa shape index (κ1) is 21.6. The van der Waals surface area contributed by atoms with Crippen molar-refractivity contribution < 1.29 is 17.9 Å². The Bertz CT molecular complexity index is 660. The molecule has 23 heavy (non-hydrogen) atoms. The minimum atomic E-state index is -3.72. The zero-order valence-electron chi connectivity index (χ0n) is 13.9. The highest BCUT2D eigenvalue weighted by Crippen LogP contribution is 2.27. The van der Waals surface area contributed by atoms with Crippen molar-refractivity contribution >= 4 is 28.3 Å². The molecule has 0 saturated heterocycles. The molecule has 1 aromatic carbocycles. The number of nitrogens with one attached hydrogen (secondary N) is 1. The van der Waals surface area contributed by atoms with E-state index in [-0.39, 0.29) is 35.2 Å². The largest absolute Gasteiger partial charge is 0.495 e. The third kappa shape index (κ3) is 5.07. The lowest BCUT2D eigenvalue weighted by molar-refractivity contribution is 0.0915. The van der Waals surface area contributed by atoms with Crippen LogP contribution in [-0.2, 0) is 10.0 Å². The van der Waals surface area contributed by atoms with Gasteiger partial charge in [0.05, 0.1) is 7.11 Å². The predicted octanol–water partition coefficient (Wildman–Crippen LogP) is 0.834. The van der Waals surface area contributed by atoms with E-state index in [1.165, 1.54) is 39.4 Å². The fraction of sp³-hybridized carbons (Fsp3) is 0.500. The van der Waals surface area contributed by atoms with Gasteiger partial charge in [0.25, 0.3) is 5.91 Å². The average molecular weight is 366 g/mol. The molecule has 7 nitrogen and oxygen atoms in total. The second-order valence-electron chi connectivity index (χ2n) is 5.70. The fourth-order valence-electron chi connectivity index (χ4n) is 1.65. The normalized spacial score (nSPS) is 11.8. The number of carbonyl (C=O) groups is 1. The Morgan fingerprint density at radius 1 is 1.35 bits per heavy atom. The van der Waals surface area contributed by atoms with Crippen LogP contribution in [0.4, 0.5) is 0 Å². The molecule has 0 radical (unpaired) electrons. The lowest BCUT2D eigenvalue weighted by atomic mass is 10.1. The summed E-state index contributed by atoms with van der Waals surface area (Å²) in [4.78, 5) is 12.2. The Kier molecular flexibility index (Phi) is 7.49. The third-order valence-corrected chi connectivity index (χ3v) is 4.98. The van der Waals surface area contributed by atoms with Crippen molar-refractivity contribution in [3.63, 3.8) is 0 Å². The molecule has 0 heterocycles. The lowest BCUT2D eigenvalue weighted by Crippen LogP contribution is -2.48. The molecule has 1 amide bonds. The van der Waals surface area contributed by atoms with Crippen molar-refractivity contribution in [3.8, 4) is 5.75 Å². The van der Waals surface area contributed by atoms with Gasteiger partial charge in [-0.3, -0.25) is 4.79 Å². The summed E-state index contributed by atoms with van der Waals surface area (Å²) in [6, 6.07) is 4.27. The molecular weight excluding hydrogens is 342 g/mol. The van der Waals surface area contributed by atoms with Crippen LogP contribution >= 0.6 is 12.4 Å². The number of nitrogens with two attached hydrogens (primary N) is 1. The van der Waals surface area contributed by atoms with E-state index in [1.807, 2.05) is 0 Å². The summed E-state index contributed by atoms with van der Waals surface area (Å²) >= 11 is 0. The first-order chi connectivity index (χ1) is 10.0. The van der Waals surface area contributed by atoms with E-state index in [9.17, 15) is 13.2 Å². The summed E-state index contributed by atoms with van der Waals surface area (Å²) in [5.74, 6) is -0.211. The van der Waals surface area contributed by atoms with Crippen molar-refractivity contribution in [1.82, 2.24) is 9.62 Å². The lowest BCUT2D eigenvalue weighted by Gasteiger charge is -2.24. The second kappa shape index (κ2) is 7.96. The minimum Gasteiger partial charge on any atom is -0.495 e. The molecule has 0 aliphatic carbocycles. The Labute approximate surface area is 143 Å². The summed E-state index contributed by atoms with van der Waals surface area (Å²) in [6.45, 7) is 3.83. The van der Waals surface area contributed by atoms with E-state index in [2.05, 4.69) is 5.32 Å². The number of hydrogen-bond donors (Lipinski definition) is 2. The molecule has 0 fully saturated rings. The van der Waals surface area contributed by atoms with Gasteiger partial charge >= 0.3 is 0 Å². The number of sulfonamides is 1. The number of amides is 1. The predicted molar refractivity (Wildman–Crippen MR) is 91.7 cm³/mol. The van der Waals surface area contributed by atoms with Crippen LogP contribution in [0.1, 0.15) is 24.2 Å². The number of rotatable bonds is 6. The molecule has 1 rings (SSSR count). The summed E-state index contributed by atoms with van der Waals surface area (Å²) < 4.78 is 30.8. The maximum absolute atomic E-state index is 12.3. The molecule has 1 aromatic rings. The molecule has 0 aliphatic heterocycles. The van der Waals surface area contributed by atoms with E-state index in [0.717, 1.165) is 4.31 Å². The molecule has 0 unspecified atom stereocenters. The van der Waals surface area contributed by atoms with Gasteiger partial charge in [-0.15, -0.1) is 12.4 Å². The van der Waals surface area contributed by atoms with Crippen molar-refractivity contribution in [1.29, 1.82) is 0 Å². The highest BCUT2D eigenvalue weighted by molar-refractivity contribution is 7.89. The van der Waals surface area contributed by atoms with Gasteiger partial charge in [-0.1, -0.05) is 0 Å². The van der Waals surface area contributed by atoms with Crippen LogP contribution in [0.15, 0.2) is 23.1 Å². The third-order valence-electron chi connectivity index (χ3n) is 3.15. The molecule has 0 bridgehead atoms. The van der Waals surface area contributed by atoms with Crippen LogP contribution in [0.5, 0.6) is 5.75 Å². The molecule has 9 heteroatoms. The maximum Gasteiger partial charge on any atom is 0.251 e. The Morgan fingerprint density at radius 2 is 1.91 bits per heavy atom. The molecule has 0 atom stereocenters. The van der Waals surface area contributed by atoms with Crippen molar-refractivity contribution in [2.75, 3.05) is 27.7 Å². The van der Waals surface area contributed by atoms with Gasteiger partial charge in [0.1, 0.15) is 10.6 Å². The van der Waals surface area contributed by atoms with Gasteiger partial charge in [-0.2, -0.15) is 0 Å². The Hall–Kier alpha value is -1.35. The van der Waals surface area contributed by atoms with Crippen LogP contribution in [-0.4, -0.2) is 51.9 Å². The van der Waals surface area contributed by atoms with E-state index < -0.39 is 21.5 Å². The quantitative estimate of drug-likeness (QED) is 0.777. The molecule has 0 saturated carbocycles. The molecule has 0 aliphatic rings. The number of ether oxygens (including phenoxy) is 1. The number of hydrogen-bond acceptors (Lipinski definition) is 5. The average Bonchev–Trinajstić information content (AvgIpc) is 2.45. The van der Waals surface area contributed by atoms with E-state index in [4.69, 9.17) is 10.5 Å². The molecule has 0 spiro atoms. The zero-order chi connectivity index (χ0) is 17.1. The van der Waals surface area contributed by atoms with Crippen LogP contribution in [0, 0.1) is 0 Å². The highest BCUT2D eigenvalue weighted by atomic mass is 35.5. The standard InChI is InChI=1S/C14H23N3O4S.ClH/c1-14(2,9-15)16-13(18)10-6-7-11(21-5)12(8-10)22(19,20)17(3)4;/h6-8H,9,15H2,1-5H3,(H,16,18);1H. The van der Waals surface area contributed by atoms with Gasteiger partial charge in [0.15, 0.2) is 0 Å². The fourth-order valence-corrected chi connectivity index (χ4v) is 2.72. The summed E-state index contributed by atoms with van der Waals surface area (Å²) in [7, 11) is 0.486. The monoisotopic (exact) mass is 365 g/mol. The summed E-state index contributed by atoms with van der Waals surface area (Å²) in [6.07, 6.45) is 0. The Balaban J connectivity index is 0.00000484. The zero-order valence-corrected chi connectivity index (χ0v) is 15.5. The van der Waals surface area contributed by atoms with Gasteiger partial charge in [-0.05, 0) is 32.0 Å². The molecule has 0 aromatic heterocycles. The highest BCUT2D eigenvalue weighted by Gasteiger charge is 2.25. The Morgan fingerprint density at radius 3 is 2.35 bits per heavy atom. The van der Waals surface area contributed by atoms with E-state index >= 15 is 0 Å². The van der Waals surface area contributed by atoms with Crippen LogP contribution < -0.4 is 15.8 Å². The van der Waals surface area contributed by atoms with Gasteiger partial charge in [0.2, 0.25) is 10.0 Å². The van der Waals surface area contributed by atoms with Gasteiger partial charge in [-0.25, -0.2) is 12.7 Å². The SMILES string of the molecule is COc1ccc(C(=O)NC(C)(C)CN)cc1S(=O)(=O)N(C)C.Cl. The summed E-state index contributed by atoms with van der Waals surface area (Å²) in [5, 5.41) is 2.75. The van der Waals surface area contributed by atoms with Crippen molar-refractivity contribution in [3.05, 3.63) is 23.8 Å². The van der Waals surface area contributed by atoms with E-state index in [0.29, 0.717) is 0 Å². The number of nitrogens with zero attached hydrogens (tertiary/aromatic N) is 1. The molecular formula is C14H24ClN3O4S. The smallest absolute Gasteiger partial charge is 0.251 e. The number of halogens is 1. The molecule has 3 N–H and O–H groups in total. The van der Waals surface area contributed by atoms with Gasteiger partial charge < -0.3 is 15.8 Å². The summed E-state index contributed by atoms with van der Waals surface area (Å²) in [5.41, 5.74) is 5.22. The number of carbonyl (C=O) groups excluding carboxylic acids is 1.